The molecule has 1 radical (unpaired) electrons. The van der Waals surface area contributed by atoms with E-state index in [0.717, 1.165) is 0 Å². The zero-order chi connectivity index (χ0) is 4.62. The van der Waals surface area contributed by atoms with E-state index in [4.69, 9.17) is 10.2 Å². The van der Waals surface area contributed by atoms with Gasteiger partial charge in [0.2, 0.25) is 0 Å². The summed E-state index contributed by atoms with van der Waals surface area (Å²) in [7, 11) is 0. The van der Waals surface area contributed by atoms with Gasteiger partial charge in [-0.15, -0.1) is 0 Å². The van der Waals surface area contributed by atoms with Gasteiger partial charge >= 0.3 is 0 Å². The Hall–Kier alpha value is -0.0800. The van der Waals surface area contributed by atoms with E-state index in [9.17, 15) is 0 Å². The fraction of sp³-hybridized carbons (Fsp3) is 0.750. The molecule has 0 amide bonds. The Labute approximate surface area is 36.4 Å². The van der Waals surface area contributed by atoms with Crippen molar-refractivity contribution in [3.8, 4) is 0 Å². The number of rotatable bonds is 1. The Bertz CT molecular complexity index is 56.6. The Balaban J connectivity index is 2.28. The van der Waals surface area contributed by atoms with Gasteiger partial charge in [0.1, 0.15) is 0 Å². The third-order valence-electron chi connectivity index (χ3n) is 0.949. The molecular formula is C4H7O2. The van der Waals surface area contributed by atoms with Gasteiger partial charge in [0, 0.05) is 0 Å². The molecule has 6 heavy (non-hydrogen) atoms. The van der Waals surface area contributed by atoms with E-state index in [1.165, 1.54) is 0 Å². The highest BCUT2D eigenvalue weighted by molar-refractivity contribution is 5.11. The molecule has 2 nitrogen and oxygen atoms in total. The highest BCUT2D eigenvalue weighted by Crippen LogP contribution is 2.32. The van der Waals surface area contributed by atoms with E-state index in [1.54, 1.807) is 6.42 Å². The first-order valence-corrected chi connectivity index (χ1v) is 1.94. The third kappa shape index (κ3) is 0.533. The second kappa shape index (κ2) is 0.950. The first-order valence-electron chi connectivity index (χ1n) is 1.94. The van der Waals surface area contributed by atoms with Crippen LogP contribution in [0.5, 0.6) is 0 Å². The monoisotopic (exact) mass is 87.0 g/mol. The van der Waals surface area contributed by atoms with Gasteiger partial charge in [-0.1, -0.05) is 0 Å². The van der Waals surface area contributed by atoms with Crippen molar-refractivity contribution in [2.45, 2.75) is 12.0 Å². The van der Waals surface area contributed by atoms with Crippen LogP contribution in [0, 0.1) is 6.42 Å². The smallest absolute Gasteiger partial charge is 0.0914 e. The first-order chi connectivity index (χ1) is 2.77. The van der Waals surface area contributed by atoms with E-state index >= 15 is 0 Å². The molecule has 1 saturated carbocycles. The van der Waals surface area contributed by atoms with Crippen LogP contribution in [0.15, 0.2) is 0 Å². The molecule has 2 N–H and O–H groups in total. The summed E-state index contributed by atoms with van der Waals surface area (Å²) >= 11 is 0. The maximum atomic E-state index is 8.63. The minimum absolute atomic E-state index is 0.118. The van der Waals surface area contributed by atoms with Crippen LogP contribution < -0.4 is 0 Å². The zero-order valence-electron chi connectivity index (χ0n) is 3.39. The molecule has 0 aromatic carbocycles. The molecule has 0 aliphatic heterocycles. The quantitative estimate of drug-likeness (QED) is 0.444. The Morgan fingerprint density at radius 1 is 1.83 bits per heavy atom. The largest absolute Gasteiger partial charge is 0.393 e. The molecule has 0 bridgehead atoms. The van der Waals surface area contributed by atoms with Crippen molar-refractivity contribution in [3.05, 3.63) is 6.42 Å². The second-order valence-corrected chi connectivity index (χ2v) is 1.67. The van der Waals surface area contributed by atoms with Crippen LogP contribution in [-0.4, -0.2) is 22.4 Å². The number of hydrogen-bond acceptors (Lipinski definition) is 2. The molecular weight excluding hydrogens is 80.0 g/mol. The average Bonchev–Trinajstić information content (AvgIpc) is 2.22. The summed E-state index contributed by atoms with van der Waals surface area (Å²) in [5.41, 5.74) is -0.778. The molecule has 0 saturated heterocycles. The van der Waals surface area contributed by atoms with E-state index in [1.807, 2.05) is 0 Å². The summed E-state index contributed by atoms with van der Waals surface area (Å²) in [5.74, 6) is 0. The topological polar surface area (TPSA) is 40.5 Å². The number of hydrogen-bond donors (Lipinski definition) is 2. The molecule has 0 heterocycles. The van der Waals surface area contributed by atoms with Gasteiger partial charge in [-0.25, -0.2) is 0 Å². The molecule has 1 unspecified atom stereocenters. The lowest BCUT2D eigenvalue weighted by Crippen LogP contribution is -2.11. The molecule has 1 fully saturated rings. The molecule has 1 aliphatic carbocycles. The molecule has 0 aromatic heterocycles. The Morgan fingerprint density at radius 3 is 2.33 bits per heavy atom. The maximum Gasteiger partial charge on any atom is 0.0914 e. The van der Waals surface area contributed by atoms with Gasteiger partial charge in [0.15, 0.2) is 0 Å². The van der Waals surface area contributed by atoms with Gasteiger partial charge < -0.3 is 10.2 Å². The SMILES string of the molecule is OCC1(O)[CH]C1. The highest BCUT2D eigenvalue weighted by Gasteiger charge is 2.39. The predicted octanol–water partition coefficient (Wildman–Crippen LogP) is -0.682. The second-order valence-electron chi connectivity index (χ2n) is 1.67. The van der Waals surface area contributed by atoms with E-state index in [0.29, 0.717) is 6.42 Å². The summed E-state index contributed by atoms with van der Waals surface area (Å²) in [6, 6.07) is 0. The van der Waals surface area contributed by atoms with Crippen LogP contribution >= 0.6 is 0 Å². The molecule has 1 atom stereocenters. The molecule has 35 valence electrons. The summed E-state index contributed by atoms with van der Waals surface area (Å²) in [6.45, 7) is -0.118. The van der Waals surface area contributed by atoms with Gasteiger partial charge in [-0.3, -0.25) is 0 Å². The Kier molecular flexibility index (Phi) is 0.648. The first kappa shape index (κ1) is 4.09. The van der Waals surface area contributed by atoms with Crippen molar-refractivity contribution in [1.29, 1.82) is 0 Å². The van der Waals surface area contributed by atoms with Crippen LogP contribution in [-0.2, 0) is 0 Å². The zero-order valence-corrected chi connectivity index (χ0v) is 3.39. The lowest BCUT2D eigenvalue weighted by Gasteiger charge is -1.95. The summed E-state index contributed by atoms with van der Waals surface area (Å²) < 4.78 is 0. The van der Waals surface area contributed by atoms with Gasteiger partial charge in [0.25, 0.3) is 0 Å². The van der Waals surface area contributed by atoms with Gasteiger partial charge in [-0.05, 0) is 12.8 Å². The minimum Gasteiger partial charge on any atom is -0.393 e. The Morgan fingerprint density at radius 2 is 2.33 bits per heavy atom. The van der Waals surface area contributed by atoms with Gasteiger partial charge in [0.05, 0.1) is 12.2 Å². The molecule has 1 rings (SSSR count). The van der Waals surface area contributed by atoms with Crippen LogP contribution in [0.3, 0.4) is 0 Å². The summed E-state index contributed by atoms with van der Waals surface area (Å²) in [4.78, 5) is 0. The summed E-state index contributed by atoms with van der Waals surface area (Å²) in [6.07, 6.45) is 2.33. The molecule has 0 aromatic rings. The molecule has 2 heteroatoms. The van der Waals surface area contributed by atoms with Crippen LogP contribution in [0.4, 0.5) is 0 Å². The molecule has 0 spiro atoms. The average molecular weight is 87.1 g/mol. The lowest BCUT2D eigenvalue weighted by molar-refractivity contribution is 0.0840. The fourth-order valence-corrected chi connectivity index (χ4v) is 0.247. The number of aliphatic hydroxyl groups is 2. The van der Waals surface area contributed by atoms with Crippen LogP contribution in [0.25, 0.3) is 0 Å². The van der Waals surface area contributed by atoms with Crippen molar-refractivity contribution in [2.75, 3.05) is 6.61 Å². The van der Waals surface area contributed by atoms with E-state index < -0.39 is 5.60 Å². The van der Waals surface area contributed by atoms with Crippen molar-refractivity contribution in [1.82, 2.24) is 0 Å². The van der Waals surface area contributed by atoms with Crippen LogP contribution in [0.1, 0.15) is 6.42 Å². The standard InChI is InChI=1S/C4H7O2/c5-3-4(6)1-2-4/h1,5-6H,2-3H2. The van der Waals surface area contributed by atoms with Crippen molar-refractivity contribution >= 4 is 0 Å². The van der Waals surface area contributed by atoms with Crippen molar-refractivity contribution in [3.63, 3.8) is 0 Å². The van der Waals surface area contributed by atoms with E-state index in [-0.39, 0.29) is 6.61 Å². The third-order valence-corrected chi connectivity index (χ3v) is 0.949. The molecule has 1 aliphatic rings. The normalized spacial score (nSPS) is 27.0. The summed E-state index contributed by atoms with van der Waals surface area (Å²) in [5, 5.41) is 16.8. The van der Waals surface area contributed by atoms with Gasteiger partial charge in [-0.2, -0.15) is 0 Å². The van der Waals surface area contributed by atoms with Crippen LogP contribution in [0.2, 0.25) is 0 Å². The minimum atomic E-state index is -0.778. The fourth-order valence-electron chi connectivity index (χ4n) is 0.247. The predicted molar refractivity (Wildman–Crippen MR) is 21.0 cm³/mol. The highest BCUT2D eigenvalue weighted by atomic mass is 16.3. The van der Waals surface area contributed by atoms with Crippen molar-refractivity contribution < 1.29 is 10.2 Å². The number of aliphatic hydroxyl groups excluding tert-OH is 1. The lowest BCUT2D eigenvalue weighted by atomic mass is 10.4. The maximum absolute atomic E-state index is 8.63. The van der Waals surface area contributed by atoms with Crippen molar-refractivity contribution in [2.24, 2.45) is 0 Å². The van der Waals surface area contributed by atoms with E-state index in [2.05, 4.69) is 0 Å².